The fourth-order valence-electron chi connectivity index (χ4n) is 1.83. The predicted octanol–water partition coefficient (Wildman–Crippen LogP) is 1.28. The van der Waals surface area contributed by atoms with E-state index in [-0.39, 0.29) is 29.7 Å². The minimum absolute atomic E-state index is 0.0580. The van der Waals surface area contributed by atoms with E-state index < -0.39 is 5.97 Å². The van der Waals surface area contributed by atoms with Gasteiger partial charge in [0.05, 0.1) is 11.3 Å². The van der Waals surface area contributed by atoms with Gasteiger partial charge in [0.15, 0.2) is 0 Å². The summed E-state index contributed by atoms with van der Waals surface area (Å²) >= 11 is 0. The molecule has 0 aromatic heterocycles. The van der Waals surface area contributed by atoms with Gasteiger partial charge in [0.25, 0.3) is 0 Å². The highest BCUT2D eigenvalue weighted by molar-refractivity contribution is 6.21. The first-order chi connectivity index (χ1) is 8.00. The summed E-state index contributed by atoms with van der Waals surface area (Å²) in [6.07, 6.45) is 0.177. The van der Waals surface area contributed by atoms with Crippen molar-refractivity contribution in [2.24, 2.45) is 5.92 Å². The van der Waals surface area contributed by atoms with Gasteiger partial charge in [-0.05, 0) is 18.2 Å². The number of carbonyl (C=O) groups is 3. The van der Waals surface area contributed by atoms with E-state index in [9.17, 15) is 14.4 Å². The smallest absolute Gasteiger partial charge is 0.335 e. The molecule has 17 heavy (non-hydrogen) atoms. The van der Waals surface area contributed by atoms with Crippen molar-refractivity contribution < 1.29 is 19.5 Å². The molecular formula is C12H11NO4. The first-order valence-corrected chi connectivity index (χ1v) is 5.21. The van der Waals surface area contributed by atoms with Crippen LogP contribution in [-0.2, 0) is 9.59 Å². The van der Waals surface area contributed by atoms with Gasteiger partial charge in [0, 0.05) is 12.3 Å². The van der Waals surface area contributed by atoms with Crippen LogP contribution in [0.4, 0.5) is 5.69 Å². The molecule has 0 saturated carbocycles. The molecule has 0 unspecified atom stereocenters. The summed E-state index contributed by atoms with van der Waals surface area (Å²) in [5.74, 6) is -1.99. The van der Waals surface area contributed by atoms with Gasteiger partial charge in [-0.1, -0.05) is 13.0 Å². The molecule has 1 fully saturated rings. The number of carboxylic acids is 1. The van der Waals surface area contributed by atoms with Gasteiger partial charge < -0.3 is 5.11 Å². The number of rotatable bonds is 2. The Kier molecular flexibility index (Phi) is 2.67. The molecule has 1 aliphatic heterocycles. The summed E-state index contributed by atoms with van der Waals surface area (Å²) in [5, 5.41) is 8.85. The molecule has 1 heterocycles. The number of amides is 2. The monoisotopic (exact) mass is 233 g/mol. The van der Waals surface area contributed by atoms with Crippen LogP contribution in [0.5, 0.6) is 0 Å². The fraction of sp³-hybridized carbons (Fsp3) is 0.250. The van der Waals surface area contributed by atoms with Crippen LogP contribution in [0, 0.1) is 5.92 Å². The molecule has 0 spiro atoms. The summed E-state index contributed by atoms with van der Waals surface area (Å²) in [6.45, 7) is 1.68. The summed E-state index contributed by atoms with van der Waals surface area (Å²) in [7, 11) is 0. The van der Waals surface area contributed by atoms with Crippen molar-refractivity contribution in [3.05, 3.63) is 29.8 Å². The Balaban J connectivity index is 2.40. The number of carboxylic acid groups (broad SMARTS) is 1. The lowest BCUT2D eigenvalue weighted by Crippen LogP contribution is -2.30. The third kappa shape index (κ3) is 1.91. The highest BCUT2D eigenvalue weighted by atomic mass is 16.4. The van der Waals surface area contributed by atoms with Crippen LogP contribution in [0.1, 0.15) is 23.7 Å². The minimum atomic E-state index is -1.08. The first-order valence-electron chi connectivity index (χ1n) is 5.21. The molecule has 1 N–H and O–H groups in total. The van der Waals surface area contributed by atoms with Crippen molar-refractivity contribution in [1.82, 2.24) is 0 Å². The number of carbonyl (C=O) groups excluding carboxylic acids is 2. The van der Waals surface area contributed by atoms with Crippen LogP contribution in [0.25, 0.3) is 0 Å². The number of imide groups is 1. The van der Waals surface area contributed by atoms with Crippen molar-refractivity contribution in [3.8, 4) is 0 Å². The van der Waals surface area contributed by atoms with E-state index in [2.05, 4.69) is 0 Å². The molecule has 88 valence electrons. The maximum Gasteiger partial charge on any atom is 0.335 e. The average molecular weight is 233 g/mol. The van der Waals surface area contributed by atoms with Crippen LogP contribution in [-0.4, -0.2) is 22.9 Å². The number of anilines is 1. The molecular weight excluding hydrogens is 222 g/mol. The molecule has 1 aromatic carbocycles. The van der Waals surface area contributed by atoms with E-state index in [4.69, 9.17) is 5.11 Å². The van der Waals surface area contributed by atoms with Crippen LogP contribution in [0.2, 0.25) is 0 Å². The molecule has 1 aliphatic rings. The van der Waals surface area contributed by atoms with Crippen LogP contribution in [0.15, 0.2) is 24.3 Å². The predicted molar refractivity (Wildman–Crippen MR) is 59.7 cm³/mol. The number of nitrogens with zero attached hydrogens (tertiary/aromatic N) is 1. The molecule has 0 aliphatic carbocycles. The molecule has 1 atom stereocenters. The number of benzene rings is 1. The minimum Gasteiger partial charge on any atom is -0.478 e. The maximum atomic E-state index is 11.8. The molecule has 1 aromatic rings. The van der Waals surface area contributed by atoms with Gasteiger partial charge in [-0.25, -0.2) is 4.79 Å². The zero-order valence-corrected chi connectivity index (χ0v) is 9.21. The maximum absolute atomic E-state index is 11.8. The molecule has 5 nitrogen and oxygen atoms in total. The lowest BCUT2D eigenvalue weighted by atomic mass is 10.1. The quantitative estimate of drug-likeness (QED) is 0.781. The Labute approximate surface area is 97.7 Å². The molecule has 0 bridgehead atoms. The third-order valence-corrected chi connectivity index (χ3v) is 2.72. The normalized spacial score (nSPS) is 19.8. The highest BCUT2D eigenvalue weighted by Gasteiger charge is 2.36. The van der Waals surface area contributed by atoms with Crippen LogP contribution >= 0.6 is 0 Å². The first kappa shape index (κ1) is 11.3. The van der Waals surface area contributed by atoms with Gasteiger partial charge in [-0.15, -0.1) is 0 Å². The topological polar surface area (TPSA) is 74.7 Å². The Bertz CT molecular complexity index is 509. The van der Waals surface area contributed by atoms with E-state index in [0.717, 1.165) is 4.90 Å². The van der Waals surface area contributed by atoms with Crippen molar-refractivity contribution >= 4 is 23.5 Å². The summed E-state index contributed by atoms with van der Waals surface area (Å²) in [4.78, 5) is 35.2. The zero-order chi connectivity index (χ0) is 12.6. The summed E-state index contributed by atoms with van der Waals surface area (Å²) in [6, 6.07) is 5.82. The summed E-state index contributed by atoms with van der Waals surface area (Å²) < 4.78 is 0. The second-order valence-corrected chi connectivity index (χ2v) is 4.03. The largest absolute Gasteiger partial charge is 0.478 e. The van der Waals surface area contributed by atoms with Crippen molar-refractivity contribution in [2.75, 3.05) is 4.90 Å². The van der Waals surface area contributed by atoms with Crippen LogP contribution in [0.3, 0.4) is 0 Å². The average Bonchev–Trinajstić information content (AvgIpc) is 2.53. The van der Waals surface area contributed by atoms with E-state index in [1.165, 1.54) is 18.2 Å². The number of hydrogen-bond acceptors (Lipinski definition) is 3. The SMILES string of the molecule is C[C@H]1CC(=O)N(c2cccc(C(=O)O)c2)C1=O. The number of aromatic carboxylic acids is 1. The zero-order valence-electron chi connectivity index (χ0n) is 9.21. The van der Waals surface area contributed by atoms with Gasteiger partial charge in [-0.2, -0.15) is 0 Å². The van der Waals surface area contributed by atoms with Crippen molar-refractivity contribution in [3.63, 3.8) is 0 Å². The lowest BCUT2D eigenvalue weighted by Gasteiger charge is -2.14. The van der Waals surface area contributed by atoms with Gasteiger partial charge in [-0.3, -0.25) is 14.5 Å². The Hall–Kier alpha value is -2.17. The van der Waals surface area contributed by atoms with Gasteiger partial charge >= 0.3 is 5.97 Å². The molecule has 5 heteroatoms. The standard InChI is InChI=1S/C12H11NO4/c1-7-5-10(14)13(11(7)15)9-4-2-3-8(6-9)12(16)17/h2-4,6-7H,5H2,1H3,(H,16,17)/t7-/m0/s1. The Morgan fingerprint density at radius 1 is 1.41 bits per heavy atom. The van der Waals surface area contributed by atoms with E-state index in [1.807, 2.05) is 0 Å². The van der Waals surface area contributed by atoms with Crippen molar-refractivity contribution in [1.29, 1.82) is 0 Å². The molecule has 1 saturated heterocycles. The third-order valence-electron chi connectivity index (χ3n) is 2.72. The molecule has 2 amide bonds. The Morgan fingerprint density at radius 2 is 2.12 bits per heavy atom. The van der Waals surface area contributed by atoms with E-state index in [0.29, 0.717) is 5.69 Å². The van der Waals surface area contributed by atoms with Crippen molar-refractivity contribution in [2.45, 2.75) is 13.3 Å². The molecule has 0 radical (unpaired) electrons. The Morgan fingerprint density at radius 3 is 2.65 bits per heavy atom. The van der Waals surface area contributed by atoms with Crippen LogP contribution < -0.4 is 4.90 Å². The van der Waals surface area contributed by atoms with E-state index in [1.54, 1.807) is 13.0 Å². The lowest BCUT2D eigenvalue weighted by molar-refractivity contribution is -0.122. The van der Waals surface area contributed by atoms with Gasteiger partial charge in [0.2, 0.25) is 11.8 Å². The van der Waals surface area contributed by atoms with E-state index >= 15 is 0 Å². The second kappa shape index (κ2) is 4.01. The number of hydrogen-bond donors (Lipinski definition) is 1. The molecule has 2 rings (SSSR count). The fourth-order valence-corrected chi connectivity index (χ4v) is 1.83. The van der Waals surface area contributed by atoms with Gasteiger partial charge in [0.1, 0.15) is 0 Å². The summed E-state index contributed by atoms with van der Waals surface area (Å²) in [5.41, 5.74) is 0.381. The second-order valence-electron chi connectivity index (χ2n) is 4.03. The highest BCUT2D eigenvalue weighted by Crippen LogP contribution is 2.26.